The van der Waals surface area contributed by atoms with Crippen LogP contribution < -0.4 is 5.73 Å². The summed E-state index contributed by atoms with van der Waals surface area (Å²) in [4.78, 5) is 18.2. The molecule has 2 aromatic heterocycles. The van der Waals surface area contributed by atoms with Crippen LogP contribution in [-0.4, -0.2) is 52.2 Å². The number of hydrogen-bond acceptors (Lipinski definition) is 6. The van der Waals surface area contributed by atoms with Crippen LogP contribution in [0.25, 0.3) is 5.65 Å². The van der Waals surface area contributed by atoms with Gasteiger partial charge in [-0.3, -0.25) is 9.69 Å². The molecule has 0 radical (unpaired) electrons. The number of fused-ring (bicyclic) bond motifs is 1. The molecule has 0 unspecified atom stereocenters. The fourth-order valence-electron chi connectivity index (χ4n) is 2.32. The molecule has 0 spiro atoms. The number of rotatable bonds is 7. The van der Waals surface area contributed by atoms with Crippen molar-refractivity contribution < 1.29 is 14.6 Å². The van der Waals surface area contributed by atoms with E-state index in [9.17, 15) is 4.79 Å². The maximum atomic E-state index is 11.8. The molecule has 7 heteroatoms. The SMILES string of the molecule is CCOC(=O)Cc1nc2ccc(N)cn2c1CN(C)CCO. The van der Waals surface area contributed by atoms with E-state index in [-0.39, 0.29) is 19.0 Å². The molecular formula is C15H22N4O3. The summed E-state index contributed by atoms with van der Waals surface area (Å²) < 4.78 is 6.89. The molecule has 0 bridgehead atoms. The summed E-state index contributed by atoms with van der Waals surface area (Å²) in [5.74, 6) is -0.301. The third-order valence-corrected chi connectivity index (χ3v) is 3.34. The second kappa shape index (κ2) is 7.24. The van der Waals surface area contributed by atoms with Gasteiger partial charge in [0.05, 0.1) is 31.0 Å². The maximum absolute atomic E-state index is 11.8. The van der Waals surface area contributed by atoms with Crippen molar-refractivity contribution in [3.63, 3.8) is 0 Å². The highest BCUT2D eigenvalue weighted by atomic mass is 16.5. The van der Waals surface area contributed by atoms with Gasteiger partial charge >= 0.3 is 5.97 Å². The third-order valence-electron chi connectivity index (χ3n) is 3.34. The van der Waals surface area contributed by atoms with Crippen molar-refractivity contribution in [1.82, 2.24) is 14.3 Å². The lowest BCUT2D eigenvalue weighted by molar-refractivity contribution is -0.142. The number of ether oxygens (including phenoxy) is 1. The number of nitrogen functional groups attached to an aromatic ring is 1. The zero-order valence-corrected chi connectivity index (χ0v) is 13.0. The third kappa shape index (κ3) is 3.75. The Hall–Kier alpha value is -2.12. The quantitative estimate of drug-likeness (QED) is 0.721. The Balaban J connectivity index is 2.37. The minimum atomic E-state index is -0.301. The topological polar surface area (TPSA) is 93.1 Å². The van der Waals surface area contributed by atoms with Gasteiger partial charge in [0.15, 0.2) is 0 Å². The number of aliphatic hydroxyl groups is 1. The Labute approximate surface area is 129 Å². The van der Waals surface area contributed by atoms with Crippen LogP contribution in [0.2, 0.25) is 0 Å². The van der Waals surface area contributed by atoms with Gasteiger partial charge < -0.3 is 20.0 Å². The van der Waals surface area contributed by atoms with Crippen LogP contribution in [0.5, 0.6) is 0 Å². The molecule has 0 saturated carbocycles. The monoisotopic (exact) mass is 306 g/mol. The molecule has 0 aliphatic carbocycles. The van der Waals surface area contributed by atoms with Crippen molar-refractivity contribution in [2.24, 2.45) is 0 Å². The van der Waals surface area contributed by atoms with Crippen molar-refractivity contribution in [2.45, 2.75) is 19.9 Å². The van der Waals surface area contributed by atoms with Gasteiger partial charge in [-0.15, -0.1) is 0 Å². The minimum Gasteiger partial charge on any atom is -0.466 e. The van der Waals surface area contributed by atoms with Crippen LogP contribution in [0.15, 0.2) is 18.3 Å². The standard InChI is InChI=1S/C15H22N4O3/c1-3-22-15(21)8-12-13(10-18(2)6-7-20)19-9-11(16)4-5-14(19)17-12/h4-5,9,20H,3,6-8,10,16H2,1-2H3. The highest BCUT2D eigenvalue weighted by Gasteiger charge is 2.17. The second-order valence-corrected chi connectivity index (χ2v) is 5.14. The Kier molecular flexibility index (Phi) is 5.35. The number of esters is 1. The Morgan fingerprint density at radius 2 is 2.27 bits per heavy atom. The Bertz CT molecular complexity index is 654. The number of pyridine rings is 1. The smallest absolute Gasteiger partial charge is 0.311 e. The number of carbonyl (C=O) groups is 1. The molecule has 0 aliphatic heterocycles. The van der Waals surface area contributed by atoms with Crippen molar-refractivity contribution in [1.29, 1.82) is 0 Å². The molecule has 0 aliphatic rings. The first-order valence-electron chi connectivity index (χ1n) is 7.25. The molecule has 2 heterocycles. The molecule has 0 amide bonds. The van der Waals surface area contributed by atoms with E-state index in [1.807, 2.05) is 22.4 Å². The van der Waals surface area contributed by atoms with Crippen LogP contribution in [-0.2, 0) is 22.5 Å². The number of anilines is 1. The normalized spacial score (nSPS) is 11.3. The van der Waals surface area contributed by atoms with Gasteiger partial charge in [-0.25, -0.2) is 4.98 Å². The lowest BCUT2D eigenvalue weighted by atomic mass is 10.2. The number of likely N-dealkylation sites (N-methyl/N-ethyl adjacent to an activating group) is 1. The van der Waals surface area contributed by atoms with Gasteiger partial charge in [-0.2, -0.15) is 0 Å². The summed E-state index contributed by atoms with van der Waals surface area (Å²) >= 11 is 0. The number of nitrogens with zero attached hydrogens (tertiary/aromatic N) is 3. The fraction of sp³-hybridized carbons (Fsp3) is 0.467. The summed E-state index contributed by atoms with van der Waals surface area (Å²) in [7, 11) is 1.90. The van der Waals surface area contributed by atoms with Gasteiger partial charge in [0, 0.05) is 25.0 Å². The lowest BCUT2D eigenvalue weighted by Gasteiger charge is -2.16. The van der Waals surface area contributed by atoms with Crippen LogP contribution in [0, 0.1) is 0 Å². The van der Waals surface area contributed by atoms with Crippen molar-refractivity contribution in [3.05, 3.63) is 29.7 Å². The molecule has 0 fully saturated rings. The highest BCUT2D eigenvalue weighted by molar-refractivity contribution is 5.72. The Morgan fingerprint density at radius 3 is 2.95 bits per heavy atom. The van der Waals surface area contributed by atoms with E-state index in [2.05, 4.69) is 4.98 Å². The highest BCUT2D eigenvalue weighted by Crippen LogP contribution is 2.17. The molecule has 2 rings (SSSR count). The second-order valence-electron chi connectivity index (χ2n) is 5.14. The average Bonchev–Trinajstić information content (AvgIpc) is 2.77. The van der Waals surface area contributed by atoms with E-state index < -0.39 is 0 Å². The van der Waals surface area contributed by atoms with Crippen LogP contribution in [0.4, 0.5) is 5.69 Å². The minimum absolute atomic E-state index is 0.0720. The Morgan fingerprint density at radius 1 is 1.50 bits per heavy atom. The first kappa shape index (κ1) is 16.3. The molecule has 0 atom stereocenters. The largest absolute Gasteiger partial charge is 0.466 e. The summed E-state index contributed by atoms with van der Waals surface area (Å²) in [5, 5.41) is 9.05. The van der Waals surface area contributed by atoms with Gasteiger partial charge in [0.25, 0.3) is 0 Å². The molecule has 0 saturated heterocycles. The van der Waals surface area contributed by atoms with E-state index in [1.165, 1.54) is 0 Å². The average molecular weight is 306 g/mol. The van der Waals surface area contributed by atoms with Crippen LogP contribution >= 0.6 is 0 Å². The molecular weight excluding hydrogens is 284 g/mol. The van der Waals surface area contributed by atoms with Gasteiger partial charge in [0.2, 0.25) is 0 Å². The van der Waals surface area contributed by atoms with Gasteiger partial charge in [0.1, 0.15) is 5.65 Å². The molecule has 0 aromatic carbocycles. The molecule has 2 aromatic rings. The van der Waals surface area contributed by atoms with E-state index >= 15 is 0 Å². The van der Waals surface area contributed by atoms with Crippen molar-refractivity contribution in [3.8, 4) is 0 Å². The first-order valence-corrected chi connectivity index (χ1v) is 7.25. The fourth-order valence-corrected chi connectivity index (χ4v) is 2.32. The van der Waals surface area contributed by atoms with Gasteiger partial charge in [-0.1, -0.05) is 0 Å². The number of nitrogens with two attached hydrogens (primary N) is 1. The molecule has 7 nitrogen and oxygen atoms in total. The molecule has 120 valence electrons. The number of imidazole rings is 1. The number of aromatic nitrogens is 2. The van der Waals surface area contributed by atoms with Crippen molar-refractivity contribution in [2.75, 3.05) is 32.5 Å². The van der Waals surface area contributed by atoms with Crippen LogP contribution in [0.1, 0.15) is 18.3 Å². The van der Waals surface area contributed by atoms with E-state index in [1.54, 1.807) is 19.2 Å². The predicted octanol–water partition coefficient (Wildman–Crippen LogP) is 0.446. The van der Waals surface area contributed by atoms with E-state index in [4.69, 9.17) is 15.6 Å². The predicted molar refractivity (Wildman–Crippen MR) is 83.4 cm³/mol. The number of hydrogen-bond donors (Lipinski definition) is 2. The summed E-state index contributed by atoms with van der Waals surface area (Å²) in [6, 6.07) is 3.59. The summed E-state index contributed by atoms with van der Waals surface area (Å²) in [6.45, 7) is 3.29. The van der Waals surface area contributed by atoms with Gasteiger partial charge in [-0.05, 0) is 26.1 Å². The van der Waals surface area contributed by atoms with Crippen molar-refractivity contribution >= 4 is 17.3 Å². The van der Waals surface area contributed by atoms with E-state index in [0.29, 0.717) is 31.1 Å². The zero-order chi connectivity index (χ0) is 16.1. The molecule has 3 N–H and O–H groups in total. The molecule has 22 heavy (non-hydrogen) atoms. The zero-order valence-electron chi connectivity index (χ0n) is 13.0. The maximum Gasteiger partial charge on any atom is 0.311 e. The summed E-state index contributed by atoms with van der Waals surface area (Å²) in [6.07, 6.45) is 1.91. The number of carbonyl (C=O) groups excluding carboxylic acids is 1. The van der Waals surface area contributed by atoms with E-state index in [0.717, 1.165) is 11.3 Å². The van der Waals surface area contributed by atoms with Crippen LogP contribution in [0.3, 0.4) is 0 Å². The lowest BCUT2D eigenvalue weighted by Crippen LogP contribution is -2.23. The summed E-state index contributed by atoms with van der Waals surface area (Å²) in [5.41, 5.74) is 8.76. The number of aliphatic hydroxyl groups excluding tert-OH is 1. The first-order chi connectivity index (χ1) is 10.5.